The molecule has 14 heteroatoms. The molecule has 3 fully saturated rings. The molecule has 1 unspecified atom stereocenters. The van der Waals surface area contributed by atoms with E-state index in [-0.39, 0.29) is 34.5 Å². The maximum atomic E-state index is 13.5. The molecule has 2 saturated heterocycles. The summed E-state index contributed by atoms with van der Waals surface area (Å²) in [4.78, 5) is 20.5. The first-order valence-electron chi connectivity index (χ1n) is 13.3. The van der Waals surface area contributed by atoms with Crippen LogP contribution in [0.25, 0.3) is 5.65 Å². The van der Waals surface area contributed by atoms with Crippen LogP contribution in [0.1, 0.15) is 65.0 Å². The van der Waals surface area contributed by atoms with Gasteiger partial charge in [-0.05, 0) is 51.0 Å². The highest BCUT2D eigenvalue weighted by Crippen LogP contribution is 2.36. The lowest BCUT2D eigenvalue weighted by Gasteiger charge is -2.28. The summed E-state index contributed by atoms with van der Waals surface area (Å²) in [6.45, 7) is 3.79. The van der Waals surface area contributed by atoms with Crippen LogP contribution in [0.5, 0.6) is 0 Å². The number of amides is 1. The molecule has 2 bridgehead atoms. The van der Waals surface area contributed by atoms with Gasteiger partial charge < -0.3 is 15.0 Å². The van der Waals surface area contributed by atoms with Crippen LogP contribution in [-0.4, -0.2) is 76.9 Å². The van der Waals surface area contributed by atoms with Crippen LogP contribution in [0, 0.1) is 5.92 Å². The molecule has 6 rings (SSSR count). The van der Waals surface area contributed by atoms with Gasteiger partial charge in [0.1, 0.15) is 11.4 Å². The molecule has 3 aliphatic rings. The quantitative estimate of drug-likeness (QED) is 0.218. The zero-order valence-electron chi connectivity index (χ0n) is 21.9. The van der Waals surface area contributed by atoms with Crippen LogP contribution in [0.3, 0.4) is 0 Å². The van der Waals surface area contributed by atoms with Crippen LogP contribution >= 0.6 is 22.6 Å². The number of fused-ring (bicyclic) bond motifs is 3. The molecular formula is C25H32IN7O5S. The highest BCUT2D eigenvalue weighted by Gasteiger charge is 2.39. The Morgan fingerprint density at radius 3 is 2.74 bits per heavy atom. The Kier molecular flexibility index (Phi) is 7.31. The number of anilines is 2. The van der Waals surface area contributed by atoms with E-state index in [9.17, 15) is 13.2 Å². The van der Waals surface area contributed by atoms with Gasteiger partial charge >= 0.3 is 0 Å². The second-order valence-corrected chi connectivity index (χ2v) is 14.3. The van der Waals surface area contributed by atoms with Crippen LogP contribution in [0.4, 0.5) is 11.5 Å². The Balaban J connectivity index is 1.17. The number of hydrogen-bond acceptors (Lipinski definition) is 9. The summed E-state index contributed by atoms with van der Waals surface area (Å²) in [6.07, 6.45) is 11.1. The lowest BCUT2D eigenvalue weighted by Crippen LogP contribution is -2.37. The van der Waals surface area contributed by atoms with Crippen molar-refractivity contribution in [3.05, 3.63) is 35.9 Å². The van der Waals surface area contributed by atoms with Crippen molar-refractivity contribution in [3.8, 4) is 0 Å². The summed E-state index contributed by atoms with van der Waals surface area (Å²) in [7, 11) is -3.43. The third-order valence-electron chi connectivity index (χ3n) is 7.89. The smallest absolute Gasteiger partial charge is 0.264 e. The van der Waals surface area contributed by atoms with Gasteiger partial charge in [0.2, 0.25) is 0 Å². The monoisotopic (exact) mass is 669 g/mol. The molecule has 12 nitrogen and oxygen atoms in total. The topological polar surface area (TPSA) is 133 Å². The zero-order chi connectivity index (χ0) is 27.3. The molecule has 1 N–H and O–H groups in total. The summed E-state index contributed by atoms with van der Waals surface area (Å²) in [5.74, 6) is 0.769. The summed E-state index contributed by atoms with van der Waals surface area (Å²) in [5, 5.41) is 12.3. The van der Waals surface area contributed by atoms with Gasteiger partial charge in [-0.2, -0.15) is 18.6 Å². The molecule has 3 atom stereocenters. The van der Waals surface area contributed by atoms with E-state index >= 15 is 0 Å². The van der Waals surface area contributed by atoms with Crippen LogP contribution in [0.2, 0.25) is 0 Å². The largest absolute Gasteiger partial charge is 0.374 e. The maximum absolute atomic E-state index is 13.5. The number of nitrogens with one attached hydrogen (secondary N) is 1. The third kappa shape index (κ3) is 5.65. The second kappa shape index (κ2) is 10.6. The number of nitrogens with zero attached hydrogens (tertiary/aromatic N) is 6. The average molecular weight is 670 g/mol. The van der Waals surface area contributed by atoms with E-state index in [0.29, 0.717) is 29.5 Å². The minimum absolute atomic E-state index is 0.0834. The van der Waals surface area contributed by atoms with Crippen molar-refractivity contribution in [1.29, 1.82) is 0 Å². The van der Waals surface area contributed by atoms with Gasteiger partial charge in [0, 0.05) is 18.9 Å². The molecule has 1 aliphatic carbocycles. The average Bonchev–Trinajstić information content (AvgIpc) is 3.70. The predicted molar refractivity (Wildman–Crippen MR) is 153 cm³/mol. The van der Waals surface area contributed by atoms with Crippen molar-refractivity contribution < 1.29 is 22.1 Å². The van der Waals surface area contributed by atoms with Gasteiger partial charge in [-0.1, -0.05) is 22.6 Å². The fourth-order valence-electron chi connectivity index (χ4n) is 5.83. The van der Waals surface area contributed by atoms with Gasteiger partial charge in [0.25, 0.3) is 16.0 Å². The standard InChI is InChI=1S/C25H32IN7O5S/c1-15(26)23-21(12-33(30-23)17-5-3-16(4-6-17)13-38-39(2,35)36)28-25(34)20-10-27-32-8-7-22(29-24(20)32)31-11-19-9-18(31)14-37-19/h7-8,10,12,15-19H,3-6,9,11,13-14H2,1-2H3,(H,28,34)/t15?,16?,17?,18-,19-/m1/s1. The number of rotatable bonds is 8. The first kappa shape index (κ1) is 26.9. The number of ether oxygens (including phenoxy) is 1. The van der Waals surface area contributed by atoms with Crippen LogP contribution < -0.4 is 10.2 Å². The van der Waals surface area contributed by atoms with E-state index in [1.165, 1.54) is 0 Å². The number of hydrogen-bond donors (Lipinski definition) is 1. The lowest BCUT2D eigenvalue weighted by atomic mass is 9.87. The molecule has 2 aliphatic heterocycles. The molecule has 39 heavy (non-hydrogen) atoms. The first-order chi connectivity index (χ1) is 18.6. The molecule has 1 saturated carbocycles. The number of morpholine rings is 1. The van der Waals surface area contributed by atoms with Gasteiger partial charge in [-0.3, -0.25) is 13.7 Å². The van der Waals surface area contributed by atoms with Crippen molar-refractivity contribution in [3.63, 3.8) is 0 Å². The van der Waals surface area contributed by atoms with Crippen molar-refractivity contribution in [1.82, 2.24) is 24.4 Å². The van der Waals surface area contributed by atoms with E-state index in [1.807, 2.05) is 30.1 Å². The summed E-state index contributed by atoms with van der Waals surface area (Å²) >= 11 is 2.30. The van der Waals surface area contributed by atoms with E-state index in [1.54, 1.807) is 10.7 Å². The maximum Gasteiger partial charge on any atom is 0.264 e. The van der Waals surface area contributed by atoms with Crippen LogP contribution in [-0.2, 0) is 19.0 Å². The van der Waals surface area contributed by atoms with E-state index < -0.39 is 10.1 Å². The molecule has 0 radical (unpaired) electrons. The minimum Gasteiger partial charge on any atom is -0.374 e. The SMILES string of the molecule is CC(I)c1nn(C2CCC(COS(C)(=O)=O)CC2)cc1NC(=O)c1cnn2ccc(N3C[C@H]4C[C@@H]3CO4)nc12. The summed E-state index contributed by atoms with van der Waals surface area (Å²) in [5.41, 5.74) is 2.40. The molecule has 0 spiro atoms. The number of aromatic nitrogens is 5. The van der Waals surface area contributed by atoms with Gasteiger partial charge in [-0.25, -0.2) is 9.50 Å². The summed E-state index contributed by atoms with van der Waals surface area (Å²) in [6, 6.07) is 2.44. The number of carbonyl (C=O) groups excluding carboxylic acids is 1. The number of alkyl halides is 1. The normalized spacial score (nSPS) is 25.9. The minimum atomic E-state index is -3.43. The predicted octanol–water partition coefficient (Wildman–Crippen LogP) is 3.36. The summed E-state index contributed by atoms with van der Waals surface area (Å²) < 4.78 is 37.0. The zero-order valence-corrected chi connectivity index (χ0v) is 24.8. The van der Waals surface area contributed by atoms with Gasteiger partial charge in [0.15, 0.2) is 5.65 Å². The highest BCUT2D eigenvalue weighted by atomic mass is 127. The number of halogens is 1. The lowest BCUT2D eigenvalue weighted by molar-refractivity contribution is 0.0988. The molecule has 3 aromatic heterocycles. The van der Waals surface area contributed by atoms with Gasteiger partial charge in [-0.15, -0.1) is 0 Å². The van der Waals surface area contributed by atoms with Crippen molar-refractivity contribution in [2.24, 2.45) is 5.92 Å². The van der Waals surface area contributed by atoms with Crippen LogP contribution in [0.15, 0.2) is 24.7 Å². The van der Waals surface area contributed by atoms with E-state index in [2.05, 4.69) is 37.9 Å². The molecule has 3 aromatic rings. The Labute approximate surface area is 240 Å². The molecule has 210 valence electrons. The Morgan fingerprint density at radius 1 is 1.28 bits per heavy atom. The molecule has 0 aromatic carbocycles. The van der Waals surface area contributed by atoms with Crippen molar-refractivity contribution >= 4 is 55.8 Å². The molecular weight excluding hydrogens is 637 g/mol. The number of carbonyl (C=O) groups is 1. The van der Waals surface area contributed by atoms with Crippen molar-refractivity contribution in [2.75, 3.05) is 36.2 Å². The third-order valence-corrected chi connectivity index (χ3v) is 9.04. The molecule has 1 amide bonds. The Morgan fingerprint density at radius 2 is 2.08 bits per heavy atom. The molecule has 5 heterocycles. The Hall–Kier alpha value is -2.30. The highest BCUT2D eigenvalue weighted by molar-refractivity contribution is 14.1. The first-order valence-corrected chi connectivity index (χ1v) is 16.3. The Bertz CT molecular complexity index is 1480. The van der Waals surface area contributed by atoms with Gasteiger partial charge in [0.05, 0.1) is 59.2 Å². The van der Waals surface area contributed by atoms with E-state index in [0.717, 1.165) is 56.4 Å². The second-order valence-electron chi connectivity index (χ2n) is 10.8. The van der Waals surface area contributed by atoms with E-state index in [4.69, 9.17) is 19.0 Å². The fraction of sp³-hybridized carbons (Fsp3) is 0.600. The van der Waals surface area contributed by atoms with Crippen molar-refractivity contribution in [2.45, 2.75) is 61.1 Å². The fourth-order valence-corrected chi connectivity index (χ4v) is 6.73.